The molecule has 1 N–H and O–H groups in total. The van der Waals surface area contributed by atoms with Gasteiger partial charge in [0.15, 0.2) is 0 Å². The zero-order valence-corrected chi connectivity index (χ0v) is 10.4. The van der Waals surface area contributed by atoms with Gasteiger partial charge in [0.1, 0.15) is 0 Å². The van der Waals surface area contributed by atoms with Crippen molar-refractivity contribution in [3.05, 3.63) is 0 Å². The van der Waals surface area contributed by atoms with Crippen LogP contribution in [-0.4, -0.2) is 31.8 Å². The molecule has 0 aliphatic carbocycles. The van der Waals surface area contributed by atoms with Gasteiger partial charge >= 0.3 is 66.7 Å². The fraction of sp³-hybridized carbons (Fsp3) is 1.00. The van der Waals surface area contributed by atoms with Gasteiger partial charge < -0.3 is 0 Å². The van der Waals surface area contributed by atoms with Crippen LogP contribution in [0.1, 0.15) is 20.3 Å². The summed E-state index contributed by atoms with van der Waals surface area (Å²) in [5, 5.41) is 3.53. The van der Waals surface area contributed by atoms with Crippen molar-refractivity contribution in [3.63, 3.8) is 0 Å². The summed E-state index contributed by atoms with van der Waals surface area (Å²) >= 11 is -1.02. The molecule has 0 fully saturated rings. The predicted molar refractivity (Wildman–Crippen MR) is 45.2 cm³/mol. The third-order valence-corrected chi connectivity index (χ3v) is 8.32. The number of hydrogen-bond acceptors (Lipinski definition) is 1. The zero-order chi connectivity index (χ0) is 7.28. The van der Waals surface area contributed by atoms with Gasteiger partial charge in [-0.1, -0.05) is 0 Å². The van der Waals surface area contributed by atoms with Crippen LogP contribution in [0.4, 0.5) is 0 Å². The van der Waals surface area contributed by atoms with Crippen molar-refractivity contribution in [3.8, 4) is 0 Å². The van der Waals surface area contributed by atoms with E-state index in [1.54, 1.807) is 0 Å². The van der Waals surface area contributed by atoms with E-state index >= 15 is 0 Å². The Morgan fingerprint density at radius 3 is 2.00 bits per heavy atom. The van der Waals surface area contributed by atoms with E-state index in [-0.39, 0.29) is 0 Å². The van der Waals surface area contributed by atoms with Crippen molar-refractivity contribution in [1.29, 1.82) is 0 Å². The minimum atomic E-state index is -1.02. The zero-order valence-electron chi connectivity index (χ0n) is 7.07. The molecule has 1 unspecified atom stereocenters. The van der Waals surface area contributed by atoms with E-state index in [2.05, 4.69) is 28.5 Å². The molecule has 0 saturated heterocycles. The van der Waals surface area contributed by atoms with Gasteiger partial charge in [0.2, 0.25) is 0 Å². The van der Waals surface area contributed by atoms with Crippen LogP contribution in [0.25, 0.3) is 0 Å². The average Bonchev–Trinajstić information content (AvgIpc) is 1.82. The Hall–Kier alpha value is 0.830. The maximum atomic E-state index is 3.53. The Morgan fingerprint density at radius 1 is 1.33 bits per heavy atom. The molecule has 0 bridgehead atoms. The van der Waals surface area contributed by atoms with Crippen molar-refractivity contribution in [2.24, 2.45) is 0 Å². The fourth-order valence-electron chi connectivity index (χ4n) is 1.11. The van der Waals surface area contributed by atoms with Gasteiger partial charge in [0.25, 0.3) is 0 Å². The molecule has 0 aromatic rings. The first-order valence-corrected chi connectivity index (χ1v) is 12.4. The molecule has 0 rings (SSSR count). The molecule has 0 amide bonds. The second-order valence-electron chi connectivity index (χ2n) is 2.82. The molecule has 9 heavy (non-hydrogen) atoms. The summed E-state index contributed by atoms with van der Waals surface area (Å²) in [5.74, 6) is 0. The SMILES string of the molecule is CCN[CH](CC)[In]([CH3])[CH3]. The Bertz CT molecular complexity index is 63.9. The molecular formula is C7H18InN. The van der Waals surface area contributed by atoms with E-state index in [1.807, 2.05) is 0 Å². The summed E-state index contributed by atoms with van der Waals surface area (Å²) < 4.78 is 5.87. The maximum absolute atomic E-state index is 3.53. The van der Waals surface area contributed by atoms with Crippen molar-refractivity contribution in [2.75, 3.05) is 6.54 Å². The van der Waals surface area contributed by atoms with E-state index in [0.29, 0.717) is 0 Å². The molecule has 0 aromatic heterocycles. The molecule has 0 saturated carbocycles. The van der Waals surface area contributed by atoms with Crippen LogP contribution in [0.15, 0.2) is 0 Å². The first kappa shape index (κ1) is 9.83. The first-order chi connectivity index (χ1) is 4.22. The molecule has 0 radical (unpaired) electrons. The quantitative estimate of drug-likeness (QED) is 0.775. The molecule has 0 aliphatic heterocycles. The second-order valence-corrected chi connectivity index (χ2v) is 12.2. The summed E-state index contributed by atoms with van der Waals surface area (Å²) in [6.45, 7) is 5.62. The Morgan fingerprint density at radius 2 is 1.89 bits per heavy atom. The third-order valence-electron chi connectivity index (χ3n) is 1.71. The molecule has 2 heteroatoms. The molecule has 0 spiro atoms. The van der Waals surface area contributed by atoms with Crippen LogP contribution in [0.2, 0.25) is 9.36 Å². The van der Waals surface area contributed by atoms with E-state index in [9.17, 15) is 0 Å². The van der Waals surface area contributed by atoms with E-state index in [4.69, 9.17) is 0 Å². The topological polar surface area (TPSA) is 12.0 Å². The van der Waals surface area contributed by atoms with Crippen LogP contribution in [0.3, 0.4) is 0 Å². The molecule has 1 nitrogen and oxygen atoms in total. The summed E-state index contributed by atoms with van der Waals surface area (Å²) in [5.41, 5.74) is 0. The summed E-state index contributed by atoms with van der Waals surface area (Å²) in [4.78, 5) is 0. The molecule has 0 heterocycles. The van der Waals surface area contributed by atoms with Gasteiger partial charge in [-0.05, 0) is 0 Å². The van der Waals surface area contributed by atoms with Crippen molar-refractivity contribution >= 4 is 21.4 Å². The molecule has 54 valence electrons. The number of rotatable bonds is 4. The van der Waals surface area contributed by atoms with Crippen molar-refractivity contribution < 1.29 is 0 Å². The standard InChI is InChI=1S/C5H12N.2CH3.In/c1-3-5-6-4-2;;;/h5-6H,3-4H2,1-2H3;2*1H3;. The Kier molecular flexibility index (Phi) is 6.12. The number of hydrogen-bond donors (Lipinski definition) is 1. The molecule has 1 atom stereocenters. The monoisotopic (exact) mass is 231 g/mol. The minimum absolute atomic E-state index is 0.928. The second kappa shape index (κ2) is 5.60. The van der Waals surface area contributed by atoms with Crippen molar-refractivity contribution in [1.82, 2.24) is 5.32 Å². The average molecular weight is 231 g/mol. The number of nitrogens with one attached hydrogen (secondary N) is 1. The fourth-order valence-corrected chi connectivity index (χ4v) is 5.82. The van der Waals surface area contributed by atoms with Crippen LogP contribution in [-0.2, 0) is 0 Å². The Labute approximate surface area is 66.8 Å². The van der Waals surface area contributed by atoms with Gasteiger partial charge in [-0.15, -0.1) is 0 Å². The molecule has 0 aromatic carbocycles. The van der Waals surface area contributed by atoms with Gasteiger partial charge in [-0.3, -0.25) is 0 Å². The van der Waals surface area contributed by atoms with Gasteiger partial charge in [0, 0.05) is 0 Å². The predicted octanol–water partition coefficient (Wildman–Crippen LogP) is 1.67. The van der Waals surface area contributed by atoms with Crippen LogP contribution < -0.4 is 5.32 Å². The van der Waals surface area contributed by atoms with Crippen LogP contribution in [0.5, 0.6) is 0 Å². The summed E-state index contributed by atoms with van der Waals surface area (Å²) in [6, 6.07) is 0. The van der Waals surface area contributed by atoms with Gasteiger partial charge in [-0.25, -0.2) is 0 Å². The third kappa shape index (κ3) is 4.26. The van der Waals surface area contributed by atoms with E-state index in [1.165, 1.54) is 6.42 Å². The van der Waals surface area contributed by atoms with Gasteiger partial charge in [-0.2, -0.15) is 0 Å². The van der Waals surface area contributed by atoms with Gasteiger partial charge in [0.05, 0.1) is 0 Å². The van der Waals surface area contributed by atoms with Crippen LogP contribution >= 0.6 is 0 Å². The van der Waals surface area contributed by atoms with Crippen molar-refractivity contribution in [2.45, 2.75) is 33.4 Å². The van der Waals surface area contributed by atoms with E-state index < -0.39 is 21.4 Å². The summed E-state index contributed by atoms with van der Waals surface area (Å²) in [7, 11) is 0. The van der Waals surface area contributed by atoms with E-state index in [0.717, 1.165) is 10.3 Å². The Balaban J connectivity index is 3.41. The summed E-state index contributed by atoms with van der Waals surface area (Å²) in [6.07, 6.45) is 1.33. The normalized spacial score (nSPS) is 13.3. The molecular weight excluding hydrogens is 213 g/mol. The van der Waals surface area contributed by atoms with Crippen LogP contribution in [0, 0.1) is 0 Å². The molecule has 0 aliphatic rings. The first-order valence-electron chi connectivity index (χ1n) is 3.95.